The minimum Gasteiger partial charge on any atom is -0.320 e. The summed E-state index contributed by atoms with van der Waals surface area (Å²) in [6, 6.07) is 21.1. The van der Waals surface area contributed by atoms with Crippen LogP contribution in [0, 0.1) is 0 Å². The SMILES string of the molecule is CNCCCOO[Si](c1ccccc1)(c1ccccc1)C(C)(C)C. The zero-order chi connectivity index (χ0) is 17.5. The standard InChI is InChI=1S/C20H29NO2Si/c1-20(2,3)24(18-12-7-5-8-13-18,19-14-9-6-10-15-19)23-22-17-11-16-21-4/h5-10,12-15,21H,11,16-17H2,1-4H3. The molecule has 0 bridgehead atoms. The average Bonchev–Trinajstić information content (AvgIpc) is 2.59. The first-order valence-electron chi connectivity index (χ1n) is 8.58. The van der Waals surface area contributed by atoms with Gasteiger partial charge < -0.3 is 5.32 Å². The summed E-state index contributed by atoms with van der Waals surface area (Å²) in [5.74, 6) is 0. The van der Waals surface area contributed by atoms with Crippen molar-refractivity contribution in [1.29, 1.82) is 0 Å². The Balaban J connectivity index is 2.42. The van der Waals surface area contributed by atoms with Crippen LogP contribution in [0.25, 0.3) is 0 Å². The predicted octanol–water partition coefficient (Wildman–Crippen LogP) is 3.10. The zero-order valence-corrected chi connectivity index (χ0v) is 16.2. The summed E-state index contributed by atoms with van der Waals surface area (Å²) in [5, 5.41) is 5.55. The lowest BCUT2D eigenvalue weighted by molar-refractivity contribution is -0.218. The summed E-state index contributed by atoms with van der Waals surface area (Å²) in [4.78, 5) is 5.76. The largest absolute Gasteiger partial charge is 0.320 e. The quantitative estimate of drug-likeness (QED) is 0.346. The third-order valence-corrected chi connectivity index (χ3v) is 9.03. The van der Waals surface area contributed by atoms with Gasteiger partial charge in [-0.05, 0) is 35.4 Å². The molecule has 0 aliphatic rings. The average molecular weight is 344 g/mol. The zero-order valence-electron chi connectivity index (χ0n) is 15.2. The molecule has 1 N–H and O–H groups in total. The van der Waals surface area contributed by atoms with Crippen LogP contribution in [0.3, 0.4) is 0 Å². The summed E-state index contributed by atoms with van der Waals surface area (Å²) in [6.07, 6.45) is 0.925. The first kappa shape index (κ1) is 18.9. The molecule has 4 heteroatoms. The maximum Gasteiger partial charge on any atom is 0.305 e. The van der Waals surface area contributed by atoms with Crippen LogP contribution >= 0.6 is 0 Å². The summed E-state index contributed by atoms with van der Waals surface area (Å²) in [7, 11) is -0.605. The van der Waals surface area contributed by atoms with Crippen LogP contribution in [0.4, 0.5) is 0 Å². The van der Waals surface area contributed by atoms with E-state index < -0.39 is 8.32 Å². The van der Waals surface area contributed by atoms with Gasteiger partial charge in [0.15, 0.2) is 0 Å². The molecule has 0 aliphatic carbocycles. The van der Waals surface area contributed by atoms with E-state index in [9.17, 15) is 0 Å². The monoisotopic (exact) mass is 343 g/mol. The van der Waals surface area contributed by atoms with Gasteiger partial charge >= 0.3 is 8.32 Å². The molecule has 3 nitrogen and oxygen atoms in total. The Labute approximate surface area is 147 Å². The van der Waals surface area contributed by atoms with E-state index in [4.69, 9.17) is 9.46 Å². The molecular weight excluding hydrogens is 314 g/mol. The van der Waals surface area contributed by atoms with E-state index in [1.165, 1.54) is 10.4 Å². The summed E-state index contributed by atoms with van der Waals surface area (Å²) >= 11 is 0. The van der Waals surface area contributed by atoms with Crippen molar-refractivity contribution in [2.45, 2.75) is 32.2 Å². The number of hydrogen-bond acceptors (Lipinski definition) is 3. The predicted molar refractivity (Wildman–Crippen MR) is 103 cm³/mol. The minimum atomic E-state index is -2.55. The van der Waals surface area contributed by atoms with E-state index in [2.05, 4.69) is 74.6 Å². The van der Waals surface area contributed by atoms with Crippen LogP contribution in [0.15, 0.2) is 60.7 Å². The van der Waals surface area contributed by atoms with E-state index >= 15 is 0 Å². The highest BCUT2D eigenvalue weighted by molar-refractivity contribution is 6.99. The molecule has 0 radical (unpaired) electrons. The van der Waals surface area contributed by atoms with Gasteiger partial charge in [0.1, 0.15) is 0 Å². The highest BCUT2D eigenvalue weighted by Crippen LogP contribution is 2.36. The Morgan fingerprint density at radius 3 is 1.79 bits per heavy atom. The Morgan fingerprint density at radius 1 is 0.875 bits per heavy atom. The summed E-state index contributed by atoms with van der Waals surface area (Å²) < 4.78 is 6.32. The van der Waals surface area contributed by atoms with Gasteiger partial charge in [-0.1, -0.05) is 81.4 Å². The second-order valence-electron chi connectivity index (χ2n) is 7.03. The Bertz CT molecular complexity index is 557. The van der Waals surface area contributed by atoms with Gasteiger partial charge in [-0.2, -0.15) is 0 Å². The second kappa shape index (κ2) is 8.58. The Morgan fingerprint density at radius 2 is 1.38 bits per heavy atom. The third-order valence-electron chi connectivity index (χ3n) is 4.26. The lowest BCUT2D eigenvalue weighted by atomic mass is 10.2. The fourth-order valence-electron chi connectivity index (χ4n) is 3.04. The van der Waals surface area contributed by atoms with Gasteiger partial charge in [0.2, 0.25) is 0 Å². The van der Waals surface area contributed by atoms with Crippen molar-refractivity contribution < 1.29 is 9.46 Å². The first-order valence-corrected chi connectivity index (χ1v) is 10.5. The highest BCUT2D eigenvalue weighted by atomic mass is 28.4. The Hall–Kier alpha value is -1.46. The lowest BCUT2D eigenvalue weighted by Crippen LogP contribution is -2.66. The van der Waals surface area contributed by atoms with Crippen molar-refractivity contribution in [3.63, 3.8) is 0 Å². The fourth-order valence-corrected chi connectivity index (χ4v) is 7.13. The number of rotatable bonds is 8. The first-order chi connectivity index (χ1) is 11.5. The summed E-state index contributed by atoms with van der Waals surface area (Å²) in [6.45, 7) is 8.25. The van der Waals surface area contributed by atoms with E-state index in [0.29, 0.717) is 6.61 Å². The normalized spacial score (nSPS) is 12.3. The topological polar surface area (TPSA) is 30.5 Å². The molecule has 0 heterocycles. The molecule has 24 heavy (non-hydrogen) atoms. The summed E-state index contributed by atoms with van der Waals surface area (Å²) in [5.41, 5.74) is 0. The van der Waals surface area contributed by atoms with Crippen molar-refractivity contribution in [2.24, 2.45) is 0 Å². The van der Waals surface area contributed by atoms with Crippen LogP contribution in [0.1, 0.15) is 27.2 Å². The number of benzene rings is 2. The number of nitrogens with one attached hydrogen (secondary N) is 1. The fraction of sp³-hybridized carbons (Fsp3) is 0.400. The Kier molecular flexibility index (Phi) is 6.75. The maximum absolute atomic E-state index is 6.32. The van der Waals surface area contributed by atoms with Crippen LogP contribution < -0.4 is 15.7 Å². The van der Waals surface area contributed by atoms with E-state index in [0.717, 1.165) is 13.0 Å². The molecule has 2 aromatic carbocycles. The van der Waals surface area contributed by atoms with E-state index in [1.807, 2.05) is 19.2 Å². The molecule has 0 aromatic heterocycles. The van der Waals surface area contributed by atoms with Gasteiger partial charge in [-0.25, -0.2) is 4.89 Å². The van der Waals surface area contributed by atoms with E-state index in [1.54, 1.807) is 0 Å². The van der Waals surface area contributed by atoms with Crippen LogP contribution in [0.5, 0.6) is 0 Å². The van der Waals surface area contributed by atoms with Gasteiger partial charge in [0.05, 0.1) is 6.61 Å². The van der Waals surface area contributed by atoms with Crippen molar-refractivity contribution in [2.75, 3.05) is 20.2 Å². The molecule has 0 saturated carbocycles. The van der Waals surface area contributed by atoms with Gasteiger partial charge in [0, 0.05) is 0 Å². The van der Waals surface area contributed by atoms with E-state index in [-0.39, 0.29) is 5.04 Å². The molecule has 0 atom stereocenters. The molecule has 0 aliphatic heterocycles. The molecule has 0 unspecified atom stereocenters. The third kappa shape index (κ3) is 4.14. The molecule has 0 amide bonds. The van der Waals surface area contributed by atoms with Crippen molar-refractivity contribution >= 4 is 18.7 Å². The molecule has 0 fully saturated rings. The smallest absolute Gasteiger partial charge is 0.305 e. The van der Waals surface area contributed by atoms with Crippen molar-refractivity contribution in [3.05, 3.63) is 60.7 Å². The van der Waals surface area contributed by atoms with Gasteiger partial charge in [0.25, 0.3) is 0 Å². The second-order valence-corrected chi connectivity index (χ2v) is 11.2. The molecule has 2 aromatic rings. The van der Waals surface area contributed by atoms with Crippen LogP contribution in [-0.2, 0) is 9.46 Å². The molecular formula is C20H29NO2Si. The van der Waals surface area contributed by atoms with Crippen LogP contribution in [0.2, 0.25) is 5.04 Å². The van der Waals surface area contributed by atoms with Crippen molar-refractivity contribution in [1.82, 2.24) is 5.32 Å². The van der Waals surface area contributed by atoms with Gasteiger partial charge in [-0.15, -0.1) is 0 Å². The lowest BCUT2D eigenvalue weighted by Gasteiger charge is -2.41. The molecule has 2 rings (SSSR count). The van der Waals surface area contributed by atoms with Crippen molar-refractivity contribution in [3.8, 4) is 0 Å². The minimum absolute atomic E-state index is 0.0568. The number of hydrogen-bond donors (Lipinski definition) is 1. The molecule has 130 valence electrons. The maximum atomic E-state index is 6.32. The highest BCUT2D eigenvalue weighted by Gasteiger charge is 2.52. The van der Waals surface area contributed by atoms with Crippen LogP contribution in [-0.4, -0.2) is 28.5 Å². The van der Waals surface area contributed by atoms with Gasteiger partial charge in [-0.3, -0.25) is 4.58 Å². The molecule has 0 saturated heterocycles. The molecule has 0 spiro atoms.